The quantitative estimate of drug-likeness (QED) is 0.630. The van der Waals surface area contributed by atoms with Crippen molar-refractivity contribution in [3.8, 4) is 0 Å². The lowest BCUT2D eigenvalue weighted by Gasteiger charge is -2.34. The number of piperidine rings is 1. The van der Waals surface area contributed by atoms with Crippen LogP contribution in [0.4, 0.5) is 5.69 Å². The maximum Gasteiger partial charge on any atom is 0.251 e. The number of aromatic nitrogens is 1. The summed E-state index contributed by atoms with van der Waals surface area (Å²) in [6.45, 7) is 5.98. The van der Waals surface area contributed by atoms with Gasteiger partial charge in [0.1, 0.15) is 6.04 Å². The van der Waals surface area contributed by atoms with Gasteiger partial charge >= 0.3 is 0 Å². The van der Waals surface area contributed by atoms with Gasteiger partial charge in [-0.25, -0.2) is 0 Å². The zero-order chi connectivity index (χ0) is 21.1. The number of carbonyl (C=O) groups is 2. The van der Waals surface area contributed by atoms with Crippen LogP contribution < -0.4 is 5.32 Å². The molecule has 1 aromatic heterocycles. The Bertz CT molecular complexity index is 1040. The summed E-state index contributed by atoms with van der Waals surface area (Å²) in [5.74, 6) is 0.442. The second-order valence-corrected chi connectivity index (χ2v) is 8.48. The van der Waals surface area contributed by atoms with Crippen molar-refractivity contribution in [2.45, 2.75) is 45.7 Å². The molecule has 2 aromatic carbocycles. The Morgan fingerprint density at radius 2 is 1.87 bits per heavy atom. The van der Waals surface area contributed by atoms with Gasteiger partial charge in [-0.3, -0.25) is 9.59 Å². The van der Waals surface area contributed by atoms with Crippen LogP contribution >= 0.6 is 0 Å². The van der Waals surface area contributed by atoms with Crippen LogP contribution in [0.1, 0.15) is 44.7 Å². The first-order valence-electron chi connectivity index (χ1n) is 10.8. The number of amides is 2. The number of benzene rings is 2. The maximum absolute atomic E-state index is 13.3. The lowest BCUT2D eigenvalue weighted by atomic mass is 10.0. The first-order chi connectivity index (χ1) is 14.5. The number of fused-ring (bicyclic) bond motifs is 1. The molecule has 1 aliphatic heterocycles. The molecular weight excluding hydrogens is 374 g/mol. The van der Waals surface area contributed by atoms with Crippen molar-refractivity contribution in [3.05, 3.63) is 66.4 Å². The largest absolute Gasteiger partial charge is 0.347 e. The van der Waals surface area contributed by atoms with Crippen molar-refractivity contribution in [2.24, 2.45) is 5.92 Å². The van der Waals surface area contributed by atoms with Crippen LogP contribution in [0.25, 0.3) is 10.9 Å². The summed E-state index contributed by atoms with van der Waals surface area (Å²) < 4.78 is 2.24. The van der Waals surface area contributed by atoms with E-state index in [2.05, 4.69) is 42.1 Å². The Labute approximate surface area is 177 Å². The molecule has 3 aromatic rings. The molecule has 1 aliphatic rings. The first kappa shape index (κ1) is 20.2. The van der Waals surface area contributed by atoms with Gasteiger partial charge in [-0.2, -0.15) is 0 Å². The molecule has 1 unspecified atom stereocenters. The lowest BCUT2D eigenvalue weighted by Crippen LogP contribution is -2.43. The molecule has 5 nitrogen and oxygen atoms in total. The zero-order valence-electron chi connectivity index (χ0n) is 17.7. The Morgan fingerprint density at radius 3 is 2.60 bits per heavy atom. The van der Waals surface area contributed by atoms with E-state index in [1.807, 2.05) is 42.5 Å². The van der Waals surface area contributed by atoms with E-state index in [1.165, 1.54) is 0 Å². The molecular formula is C25H29N3O2. The minimum absolute atomic E-state index is 0.0477. The topological polar surface area (TPSA) is 54.3 Å². The SMILES string of the molecule is CC(C)Cn1ccc2cc(NC(=O)C(c3ccccc3)N3CCCCC3=O)ccc21. The molecule has 30 heavy (non-hydrogen) atoms. The molecule has 5 heteroatoms. The van der Waals surface area contributed by atoms with Crippen LogP contribution in [0.5, 0.6) is 0 Å². The van der Waals surface area contributed by atoms with E-state index >= 15 is 0 Å². The van der Waals surface area contributed by atoms with Gasteiger partial charge in [-0.15, -0.1) is 0 Å². The van der Waals surface area contributed by atoms with E-state index in [1.54, 1.807) is 4.90 Å². The Kier molecular flexibility index (Phi) is 5.88. The Hall–Kier alpha value is -3.08. The summed E-state index contributed by atoms with van der Waals surface area (Å²) in [4.78, 5) is 27.6. The minimum Gasteiger partial charge on any atom is -0.347 e. The average molecular weight is 404 g/mol. The highest BCUT2D eigenvalue weighted by Gasteiger charge is 2.32. The van der Waals surface area contributed by atoms with Gasteiger partial charge < -0.3 is 14.8 Å². The molecule has 156 valence electrons. The van der Waals surface area contributed by atoms with E-state index in [0.29, 0.717) is 18.9 Å². The van der Waals surface area contributed by atoms with Gasteiger partial charge in [0.25, 0.3) is 5.91 Å². The van der Waals surface area contributed by atoms with Crippen LogP contribution in [-0.4, -0.2) is 27.8 Å². The van der Waals surface area contributed by atoms with Crippen LogP contribution in [0.3, 0.4) is 0 Å². The molecule has 2 heterocycles. The Morgan fingerprint density at radius 1 is 1.07 bits per heavy atom. The molecule has 0 spiro atoms. The van der Waals surface area contributed by atoms with Crippen LogP contribution in [-0.2, 0) is 16.1 Å². The van der Waals surface area contributed by atoms with E-state index in [9.17, 15) is 9.59 Å². The highest BCUT2D eigenvalue weighted by molar-refractivity contribution is 5.99. The molecule has 1 fully saturated rings. The van der Waals surface area contributed by atoms with E-state index in [-0.39, 0.29) is 11.8 Å². The molecule has 1 saturated heterocycles. The summed E-state index contributed by atoms with van der Waals surface area (Å²) in [6.07, 6.45) is 4.42. The number of nitrogens with one attached hydrogen (secondary N) is 1. The number of hydrogen-bond acceptors (Lipinski definition) is 2. The van der Waals surface area contributed by atoms with Crippen molar-refractivity contribution >= 4 is 28.4 Å². The fourth-order valence-electron chi connectivity index (χ4n) is 4.25. The summed E-state index contributed by atoms with van der Waals surface area (Å²) in [7, 11) is 0. The van der Waals surface area contributed by atoms with Crippen molar-refractivity contribution in [3.63, 3.8) is 0 Å². The summed E-state index contributed by atoms with van der Waals surface area (Å²) >= 11 is 0. The zero-order valence-corrected chi connectivity index (χ0v) is 17.7. The summed E-state index contributed by atoms with van der Waals surface area (Å²) in [6, 6.07) is 17.0. The van der Waals surface area contributed by atoms with Gasteiger partial charge in [-0.05, 0) is 48.6 Å². The van der Waals surface area contributed by atoms with Crippen LogP contribution in [0.2, 0.25) is 0 Å². The van der Waals surface area contributed by atoms with Gasteiger partial charge in [0.15, 0.2) is 0 Å². The van der Waals surface area contributed by atoms with Crippen LogP contribution in [0, 0.1) is 5.92 Å². The maximum atomic E-state index is 13.3. The highest BCUT2D eigenvalue weighted by atomic mass is 16.2. The van der Waals surface area contributed by atoms with Gasteiger partial charge in [0.05, 0.1) is 0 Å². The number of nitrogens with zero attached hydrogens (tertiary/aromatic N) is 2. The molecule has 0 radical (unpaired) electrons. The second kappa shape index (κ2) is 8.74. The number of rotatable bonds is 6. The number of anilines is 1. The highest BCUT2D eigenvalue weighted by Crippen LogP contribution is 2.28. The predicted octanol–water partition coefficient (Wildman–Crippen LogP) is 4.99. The third kappa shape index (κ3) is 4.25. The summed E-state index contributed by atoms with van der Waals surface area (Å²) in [5, 5.41) is 4.15. The number of carbonyl (C=O) groups excluding carboxylic acids is 2. The fraction of sp³-hybridized carbons (Fsp3) is 0.360. The number of hydrogen-bond donors (Lipinski definition) is 1. The third-order valence-electron chi connectivity index (χ3n) is 5.64. The smallest absolute Gasteiger partial charge is 0.251 e. The van der Waals surface area contributed by atoms with Crippen molar-refractivity contribution in [1.82, 2.24) is 9.47 Å². The number of likely N-dealkylation sites (tertiary alicyclic amines) is 1. The van der Waals surface area contributed by atoms with E-state index in [4.69, 9.17) is 0 Å². The average Bonchev–Trinajstić information content (AvgIpc) is 3.12. The molecule has 0 aliphatic carbocycles. The summed E-state index contributed by atoms with van der Waals surface area (Å²) in [5.41, 5.74) is 2.75. The predicted molar refractivity (Wildman–Crippen MR) is 120 cm³/mol. The molecule has 0 saturated carbocycles. The Balaban J connectivity index is 1.60. The van der Waals surface area contributed by atoms with E-state index < -0.39 is 6.04 Å². The lowest BCUT2D eigenvalue weighted by molar-refractivity contribution is -0.141. The van der Waals surface area contributed by atoms with Gasteiger partial charge in [0.2, 0.25) is 5.91 Å². The fourth-order valence-corrected chi connectivity index (χ4v) is 4.25. The molecule has 1 N–H and O–H groups in total. The molecule has 1 atom stereocenters. The molecule has 4 rings (SSSR count). The van der Waals surface area contributed by atoms with E-state index in [0.717, 1.165) is 41.5 Å². The van der Waals surface area contributed by atoms with Crippen molar-refractivity contribution in [1.29, 1.82) is 0 Å². The minimum atomic E-state index is -0.611. The van der Waals surface area contributed by atoms with Crippen molar-refractivity contribution in [2.75, 3.05) is 11.9 Å². The third-order valence-corrected chi connectivity index (χ3v) is 5.64. The normalized spacial score (nSPS) is 15.6. The van der Waals surface area contributed by atoms with Gasteiger partial charge in [0, 0.05) is 42.3 Å². The van der Waals surface area contributed by atoms with Gasteiger partial charge in [-0.1, -0.05) is 44.2 Å². The van der Waals surface area contributed by atoms with Crippen molar-refractivity contribution < 1.29 is 9.59 Å². The van der Waals surface area contributed by atoms with Crippen LogP contribution in [0.15, 0.2) is 60.8 Å². The molecule has 2 amide bonds. The first-order valence-corrected chi connectivity index (χ1v) is 10.8. The molecule has 0 bridgehead atoms. The second-order valence-electron chi connectivity index (χ2n) is 8.48. The standard InChI is InChI=1S/C25H29N3O2/c1-18(2)17-27-15-13-20-16-21(11-12-22(20)27)26-25(30)24(19-8-4-3-5-9-19)28-14-7-6-10-23(28)29/h3-5,8-9,11-13,15-16,18,24H,6-7,10,14,17H2,1-2H3,(H,26,30). The monoisotopic (exact) mass is 403 g/mol.